The van der Waals surface area contributed by atoms with Crippen molar-refractivity contribution in [3.05, 3.63) is 53.3 Å². The fourth-order valence-electron chi connectivity index (χ4n) is 2.21. The van der Waals surface area contributed by atoms with Crippen LogP contribution in [-0.2, 0) is 6.54 Å². The third kappa shape index (κ3) is 2.79. The Morgan fingerprint density at radius 3 is 2.78 bits per heavy atom. The van der Waals surface area contributed by atoms with E-state index in [4.69, 9.17) is 0 Å². The Hall–Kier alpha value is -1.61. The molecule has 3 heteroatoms. The Balaban J connectivity index is 2.14. The van der Waals surface area contributed by atoms with Crippen molar-refractivity contribution in [1.82, 2.24) is 15.1 Å². The second kappa shape index (κ2) is 5.83. The number of nitrogens with one attached hydrogen (secondary N) is 1. The molecule has 0 saturated heterocycles. The van der Waals surface area contributed by atoms with Crippen molar-refractivity contribution in [2.45, 2.75) is 32.9 Å². The molecule has 0 spiro atoms. The van der Waals surface area contributed by atoms with E-state index >= 15 is 0 Å². The van der Waals surface area contributed by atoms with Crippen LogP contribution in [0.15, 0.2) is 36.7 Å². The van der Waals surface area contributed by atoms with Crippen LogP contribution in [0.1, 0.15) is 36.1 Å². The highest BCUT2D eigenvalue weighted by Gasteiger charge is 2.09. The molecule has 0 bridgehead atoms. The van der Waals surface area contributed by atoms with Gasteiger partial charge in [-0.3, -0.25) is 4.68 Å². The van der Waals surface area contributed by atoms with Crippen LogP contribution in [0.2, 0.25) is 0 Å². The molecule has 1 aromatic carbocycles. The molecular formula is C15H21N3. The minimum absolute atomic E-state index is 0.399. The van der Waals surface area contributed by atoms with Gasteiger partial charge in [-0.2, -0.15) is 5.10 Å². The first-order chi connectivity index (χ1) is 8.74. The van der Waals surface area contributed by atoms with E-state index in [1.807, 2.05) is 17.9 Å². The first-order valence-corrected chi connectivity index (χ1v) is 6.48. The summed E-state index contributed by atoms with van der Waals surface area (Å²) in [6.45, 7) is 5.16. The van der Waals surface area contributed by atoms with Crippen molar-refractivity contribution < 1.29 is 0 Å². The normalized spacial score (nSPS) is 12.6. The average Bonchev–Trinajstić information content (AvgIpc) is 2.82. The molecule has 96 valence electrons. The molecule has 2 aromatic rings. The molecule has 1 atom stereocenters. The minimum Gasteiger partial charge on any atom is -0.313 e. The number of hydrogen-bond acceptors (Lipinski definition) is 2. The molecule has 0 aliphatic rings. The van der Waals surface area contributed by atoms with E-state index < -0.39 is 0 Å². The Labute approximate surface area is 109 Å². The largest absolute Gasteiger partial charge is 0.313 e. The predicted octanol–water partition coefficient (Wildman–Crippen LogP) is 2.91. The molecule has 18 heavy (non-hydrogen) atoms. The molecule has 1 unspecified atom stereocenters. The van der Waals surface area contributed by atoms with E-state index in [1.54, 1.807) is 0 Å². The van der Waals surface area contributed by atoms with Crippen molar-refractivity contribution in [1.29, 1.82) is 0 Å². The summed E-state index contributed by atoms with van der Waals surface area (Å²) in [6.07, 6.45) is 5.17. The molecule has 0 aliphatic heterocycles. The summed E-state index contributed by atoms with van der Waals surface area (Å²) in [7, 11) is 1.99. The van der Waals surface area contributed by atoms with E-state index in [9.17, 15) is 0 Å². The van der Waals surface area contributed by atoms with Gasteiger partial charge in [0.05, 0.1) is 12.7 Å². The molecule has 1 heterocycles. The molecular weight excluding hydrogens is 222 g/mol. The SMILES string of the molecule is CCC(NC)c1cnn(Cc2ccccc2C)c1. The highest BCUT2D eigenvalue weighted by molar-refractivity contribution is 5.26. The van der Waals surface area contributed by atoms with Gasteiger partial charge in [0.1, 0.15) is 0 Å². The van der Waals surface area contributed by atoms with Gasteiger partial charge in [-0.1, -0.05) is 31.2 Å². The third-order valence-electron chi connectivity index (χ3n) is 3.41. The topological polar surface area (TPSA) is 29.9 Å². The van der Waals surface area contributed by atoms with Gasteiger partial charge in [0.2, 0.25) is 0 Å². The van der Waals surface area contributed by atoms with Crippen molar-refractivity contribution in [2.24, 2.45) is 0 Å². The minimum atomic E-state index is 0.399. The van der Waals surface area contributed by atoms with Crippen LogP contribution < -0.4 is 5.32 Å². The van der Waals surface area contributed by atoms with Crippen molar-refractivity contribution >= 4 is 0 Å². The van der Waals surface area contributed by atoms with E-state index in [0.29, 0.717) is 6.04 Å². The molecule has 1 N–H and O–H groups in total. The summed E-state index contributed by atoms with van der Waals surface area (Å²) in [5.41, 5.74) is 3.90. The number of aromatic nitrogens is 2. The molecule has 0 saturated carbocycles. The van der Waals surface area contributed by atoms with Gasteiger partial charge in [-0.15, -0.1) is 0 Å². The Morgan fingerprint density at radius 1 is 1.33 bits per heavy atom. The summed E-state index contributed by atoms with van der Waals surface area (Å²) < 4.78 is 2.01. The van der Waals surface area contributed by atoms with Crippen LogP contribution in [-0.4, -0.2) is 16.8 Å². The summed E-state index contributed by atoms with van der Waals surface area (Å²) in [5.74, 6) is 0. The number of rotatable bonds is 5. The highest BCUT2D eigenvalue weighted by atomic mass is 15.3. The van der Waals surface area contributed by atoms with Gasteiger partial charge in [-0.05, 0) is 31.5 Å². The summed E-state index contributed by atoms with van der Waals surface area (Å²) in [5, 5.41) is 7.75. The zero-order valence-electron chi connectivity index (χ0n) is 11.4. The quantitative estimate of drug-likeness (QED) is 0.875. The molecule has 2 rings (SSSR count). The molecule has 0 radical (unpaired) electrons. The lowest BCUT2D eigenvalue weighted by Gasteiger charge is -2.10. The monoisotopic (exact) mass is 243 g/mol. The maximum Gasteiger partial charge on any atom is 0.0662 e. The zero-order chi connectivity index (χ0) is 13.0. The van der Waals surface area contributed by atoms with Gasteiger partial charge in [-0.25, -0.2) is 0 Å². The summed E-state index contributed by atoms with van der Waals surface area (Å²) >= 11 is 0. The van der Waals surface area contributed by atoms with Crippen LogP contribution in [0.3, 0.4) is 0 Å². The van der Waals surface area contributed by atoms with E-state index in [0.717, 1.165) is 13.0 Å². The third-order valence-corrected chi connectivity index (χ3v) is 3.41. The molecule has 1 aromatic heterocycles. The first kappa shape index (κ1) is 12.8. The Bertz CT molecular complexity index is 498. The van der Waals surface area contributed by atoms with Crippen LogP contribution in [0.5, 0.6) is 0 Å². The number of benzene rings is 1. The fraction of sp³-hybridized carbons (Fsp3) is 0.400. The standard InChI is InChI=1S/C15H21N3/c1-4-15(16-3)14-9-17-18(11-14)10-13-8-6-5-7-12(13)2/h5-9,11,15-16H,4,10H2,1-3H3. The predicted molar refractivity (Wildman–Crippen MR) is 74.6 cm³/mol. The van der Waals surface area contributed by atoms with Gasteiger partial charge in [0.15, 0.2) is 0 Å². The fourth-order valence-corrected chi connectivity index (χ4v) is 2.21. The number of hydrogen-bond donors (Lipinski definition) is 1. The van der Waals surface area contributed by atoms with Gasteiger partial charge < -0.3 is 5.32 Å². The maximum atomic E-state index is 4.45. The maximum absolute atomic E-state index is 4.45. The van der Waals surface area contributed by atoms with Crippen molar-refractivity contribution in [2.75, 3.05) is 7.05 Å². The first-order valence-electron chi connectivity index (χ1n) is 6.48. The lowest BCUT2D eigenvalue weighted by atomic mass is 10.1. The zero-order valence-corrected chi connectivity index (χ0v) is 11.4. The van der Waals surface area contributed by atoms with Crippen molar-refractivity contribution in [3.63, 3.8) is 0 Å². The molecule has 0 aliphatic carbocycles. The smallest absolute Gasteiger partial charge is 0.0662 e. The number of nitrogens with zero attached hydrogens (tertiary/aromatic N) is 2. The van der Waals surface area contributed by atoms with Gasteiger partial charge in [0, 0.05) is 17.8 Å². The van der Waals surface area contributed by atoms with Crippen LogP contribution in [0.25, 0.3) is 0 Å². The highest BCUT2D eigenvalue weighted by Crippen LogP contribution is 2.16. The van der Waals surface area contributed by atoms with Crippen LogP contribution in [0.4, 0.5) is 0 Å². The summed E-state index contributed by atoms with van der Waals surface area (Å²) in [6, 6.07) is 8.85. The average molecular weight is 243 g/mol. The molecule has 0 amide bonds. The van der Waals surface area contributed by atoms with E-state index in [2.05, 4.69) is 54.7 Å². The lowest BCUT2D eigenvalue weighted by Crippen LogP contribution is -2.14. The molecule has 0 fully saturated rings. The Morgan fingerprint density at radius 2 is 2.11 bits per heavy atom. The second-order valence-corrected chi connectivity index (χ2v) is 4.65. The van der Waals surface area contributed by atoms with Crippen molar-refractivity contribution in [3.8, 4) is 0 Å². The van der Waals surface area contributed by atoms with Gasteiger partial charge >= 0.3 is 0 Å². The summed E-state index contributed by atoms with van der Waals surface area (Å²) in [4.78, 5) is 0. The van der Waals surface area contributed by atoms with Crippen LogP contribution >= 0.6 is 0 Å². The van der Waals surface area contributed by atoms with Gasteiger partial charge in [0.25, 0.3) is 0 Å². The second-order valence-electron chi connectivity index (χ2n) is 4.65. The van der Waals surface area contributed by atoms with E-state index in [-0.39, 0.29) is 0 Å². The van der Waals surface area contributed by atoms with Crippen LogP contribution in [0, 0.1) is 6.92 Å². The Kier molecular flexibility index (Phi) is 4.15. The molecule has 3 nitrogen and oxygen atoms in total. The lowest BCUT2D eigenvalue weighted by molar-refractivity contribution is 0.575. The number of aryl methyl sites for hydroxylation is 1. The van der Waals surface area contributed by atoms with E-state index in [1.165, 1.54) is 16.7 Å².